The van der Waals surface area contributed by atoms with Crippen molar-refractivity contribution in [3.05, 3.63) is 22.5 Å². The van der Waals surface area contributed by atoms with Crippen molar-refractivity contribution in [2.45, 2.75) is 26.7 Å². The summed E-state index contributed by atoms with van der Waals surface area (Å²) in [5, 5.41) is 6.62. The van der Waals surface area contributed by atoms with E-state index in [0.717, 1.165) is 30.4 Å². The molecule has 24 heavy (non-hydrogen) atoms. The maximum absolute atomic E-state index is 12.0. The van der Waals surface area contributed by atoms with E-state index >= 15 is 0 Å². The van der Waals surface area contributed by atoms with Gasteiger partial charge in [-0.05, 0) is 38.2 Å². The van der Waals surface area contributed by atoms with Crippen LogP contribution in [0.2, 0.25) is 0 Å². The Morgan fingerprint density at radius 2 is 2.12 bits per heavy atom. The summed E-state index contributed by atoms with van der Waals surface area (Å²) >= 11 is 1.09. The van der Waals surface area contributed by atoms with Gasteiger partial charge in [-0.3, -0.25) is 4.79 Å². The third-order valence-corrected chi connectivity index (χ3v) is 4.55. The third kappa shape index (κ3) is 3.97. The van der Waals surface area contributed by atoms with Gasteiger partial charge in [-0.2, -0.15) is 4.98 Å². The molecule has 1 saturated heterocycles. The molecule has 1 N–H and O–H groups in total. The summed E-state index contributed by atoms with van der Waals surface area (Å²) in [7, 11) is 0. The molecule has 0 bridgehead atoms. The van der Waals surface area contributed by atoms with Crippen molar-refractivity contribution in [3.8, 4) is 5.88 Å². The van der Waals surface area contributed by atoms with Gasteiger partial charge in [0.2, 0.25) is 5.88 Å². The molecule has 0 spiro atoms. The number of ether oxygens (including phenoxy) is 1. The zero-order chi connectivity index (χ0) is 16.9. The second-order valence-electron chi connectivity index (χ2n) is 5.60. The number of amides is 1. The Morgan fingerprint density at radius 3 is 2.83 bits per heavy atom. The minimum Gasteiger partial charge on any atom is -0.476 e. The third-order valence-electron chi connectivity index (χ3n) is 3.73. The van der Waals surface area contributed by atoms with Crippen molar-refractivity contribution in [3.63, 3.8) is 0 Å². The minimum atomic E-state index is -0.178. The summed E-state index contributed by atoms with van der Waals surface area (Å²) in [4.78, 5) is 23.5. The molecule has 0 aromatic carbocycles. The van der Waals surface area contributed by atoms with Gasteiger partial charge >= 0.3 is 0 Å². The van der Waals surface area contributed by atoms with Crippen LogP contribution in [-0.2, 0) is 0 Å². The van der Waals surface area contributed by atoms with Crippen LogP contribution < -0.4 is 15.0 Å². The second kappa shape index (κ2) is 7.52. The number of nitrogens with zero attached hydrogens (tertiary/aromatic N) is 5. The van der Waals surface area contributed by atoms with E-state index in [9.17, 15) is 4.79 Å². The van der Waals surface area contributed by atoms with Crippen LogP contribution in [0.3, 0.4) is 0 Å². The molecule has 2 aromatic rings. The summed E-state index contributed by atoms with van der Waals surface area (Å²) in [5.74, 6) is 1.95. The fourth-order valence-corrected chi connectivity index (χ4v) is 3.12. The number of hydrogen-bond donors (Lipinski definition) is 1. The predicted octanol–water partition coefficient (Wildman–Crippen LogP) is 1.35. The van der Waals surface area contributed by atoms with Crippen molar-refractivity contribution < 1.29 is 9.53 Å². The average molecular weight is 348 g/mol. The van der Waals surface area contributed by atoms with E-state index in [1.165, 1.54) is 12.8 Å². The fourth-order valence-electron chi connectivity index (χ4n) is 2.55. The topological polar surface area (TPSA) is 93.1 Å². The van der Waals surface area contributed by atoms with Crippen LogP contribution in [0.25, 0.3) is 0 Å². The molecule has 3 heterocycles. The number of hydrogen-bond acceptors (Lipinski definition) is 8. The van der Waals surface area contributed by atoms with Crippen molar-refractivity contribution in [2.75, 3.05) is 31.1 Å². The Kier molecular flexibility index (Phi) is 5.19. The molecule has 1 aliphatic heterocycles. The predicted molar refractivity (Wildman–Crippen MR) is 90.7 cm³/mol. The Balaban J connectivity index is 1.51. The van der Waals surface area contributed by atoms with E-state index in [2.05, 4.69) is 29.8 Å². The molecule has 2 aromatic heterocycles. The highest BCUT2D eigenvalue weighted by molar-refractivity contribution is 7.07. The molecule has 0 unspecified atom stereocenters. The molecule has 8 nitrogen and oxygen atoms in total. The fraction of sp³-hybridized carbons (Fsp3) is 0.533. The van der Waals surface area contributed by atoms with E-state index < -0.39 is 0 Å². The van der Waals surface area contributed by atoms with Crippen molar-refractivity contribution >= 4 is 23.3 Å². The first-order valence-corrected chi connectivity index (χ1v) is 8.71. The van der Waals surface area contributed by atoms with Gasteiger partial charge in [0.15, 0.2) is 0 Å². The number of nitrogens with one attached hydrogen (secondary N) is 1. The normalized spacial score (nSPS) is 14.0. The molecule has 1 fully saturated rings. The molecule has 3 rings (SSSR count). The van der Waals surface area contributed by atoms with Gasteiger partial charge < -0.3 is 15.0 Å². The van der Waals surface area contributed by atoms with Gasteiger partial charge in [0, 0.05) is 19.2 Å². The monoisotopic (exact) mass is 348 g/mol. The minimum absolute atomic E-state index is 0.178. The molecular weight excluding hydrogens is 328 g/mol. The van der Waals surface area contributed by atoms with Gasteiger partial charge in [-0.25, -0.2) is 4.98 Å². The molecule has 1 aliphatic rings. The lowest BCUT2D eigenvalue weighted by Gasteiger charge is -2.17. The maximum atomic E-state index is 12.0. The van der Waals surface area contributed by atoms with Crippen LogP contribution in [0.1, 0.15) is 34.0 Å². The molecule has 0 aliphatic carbocycles. The smallest absolute Gasteiger partial charge is 0.265 e. The van der Waals surface area contributed by atoms with E-state index in [4.69, 9.17) is 4.74 Å². The Bertz CT molecular complexity index is 714. The standard InChI is InChI=1S/C15H20N6O2S/c1-10-14(24-20-19-10)15(22)16-5-8-23-13-9-12(17-11(2)18-13)21-6-3-4-7-21/h9H,3-8H2,1-2H3,(H,16,22). The second-order valence-corrected chi connectivity index (χ2v) is 6.35. The highest BCUT2D eigenvalue weighted by Crippen LogP contribution is 2.21. The molecular formula is C15H20N6O2S. The summed E-state index contributed by atoms with van der Waals surface area (Å²) in [6.45, 7) is 6.39. The van der Waals surface area contributed by atoms with Crippen LogP contribution in [0.15, 0.2) is 6.07 Å². The number of carbonyl (C=O) groups is 1. The highest BCUT2D eigenvalue weighted by Gasteiger charge is 2.16. The summed E-state index contributed by atoms with van der Waals surface area (Å²) in [6, 6.07) is 1.86. The Labute approximate surface area is 144 Å². The number of aryl methyl sites for hydroxylation is 2. The number of aromatic nitrogens is 4. The summed E-state index contributed by atoms with van der Waals surface area (Å²) < 4.78 is 9.42. The molecule has 9 heteroatoms. The number of carbonyl (C=O) groups excluding carboxylic acids is 1. The van der Waals surface area contributed by atoms with Gasteiger partial charge in [-0.15, -0.1) is 5.10 Å². The van der Waals surface area contributed by atoms with E-state index in [-0.39, 0.29) is 5.91 Å². The zero-order valence-electron chi connectivity index (χ0n) is 13.8. The van der Waals surface area contributed by atoms with E-state index in [1.807, 2.05) is 13.0 Å². The quantitative estimate of drug-likeness (QED) is 0.788. The van der Waals surface area contributed by atoms with Crippen molar-refractivity contribution in [2.24, 2.45) is 0 Å². The summed E-state index contributed by atoms with van der Waals surface area (Å²) in [6.07, 6.45) is 2.38. The highest BCUT2D eigenvalue weighted by atomic mass is 32.1. The van der Waals surface area contributed by atoms with Gasteiger partial charge in [0.1, 0.15) is 23.1 Å². The van der Waals surface area contributed by atoms with Crippen molar-refractivity contribution in [1.29, 1.82) is 0 Å². The number of rotatable bonds is 6. The van der Waals surface area contributed by atoms with Gasteiger partial charge in [0.25, 0.3) is 5.91 Å². The van der Waals surface area contributed by atoms with E-state index in [0.29, 0.717) is 35.4 Å². The van der Waals surface area contributed by atoms with Gasteiger partial charge in [0.05, 0.1) is 12.2 Å². The Hall–Kier alpha value is -2.29. The van der Waals surface area contributed by atoms with Crippen LogP contribution in [0.4, 0.5) is 5.82 Å². The molecule has 0 atom stereocenters. The number of anilines is 1. The maximum Gasteiger partial charge on any atom is 0.265 e. The zero-order valence-corrected chi connectivity index (χ0v) is 14.6. The van der Waals surface area contributed by atoms with Crippen LogP contribution in [-0.4, -0.2) is 51.7 Å². The lowest BCUT2D eigenvalue weighted by Crippen LogP contribution is -2.28. The Morgan fingerprint density at radius 1 is 1.33 bits per heavy atom. The molecule has 0 saturated carbocycles. The summed E-state index contributed by atoms with van der Waals surface area (Å²) in [5.41, 5.74) is 0.639. The lowest BCUT2D eigenvalue weighted by molar-refractivity contribution is 0.0950. The van der Waals surface area contributed by atoms with Gasteiger partial charge in [-0.1, -0.05) is 4.49 Å². The molecule has 128 valence electrons. The first-order valence-electron chi connectivity index (χ1n) is 7.94. The first-order chi connectivity index (χ1) is 11.6. The van der Waals surface area contributed by atoms with Crippen molar-refractivity contribution in [1.82, 2.24) is 24.9 Å². The van der Waals surface area contributed by atoms with E-state index in [1.54, 1.807) is 6.92 Å². The largest absolute Gasteiger partial charge is 0.476 e. The average Bonchev–Trinajstić information content (AvgIpc) is 3.22. The van der Waals surface area contributed by atoms with Crippen LogP contribution >= 0.6 is 11.5 Å². The molecule has 1 amide bonds. The lowest BCUT2D eigenvalue weighted by atomic mass is 10.4. The molecule has 0 radical (unpaired) electrons. The van der Waals surface area contributed by atoms with Crippen LogP contribution in [0, 0.1) is 13.8 Å². The SMILES string of the molecule is Cc1nc(OCCNC(=O)c2snnc2C)cc(N2CCCC2)n1. The first kappa shape index (κ1) is 16.6. The van der Waals surface area contributed by atoms with Crippen LogP contribution in [0.5, 0.6) is 5.88 Å².